The number of nitrogens with zero attached hydrogens (tertiary/aromatic N) is 3. The maximum absolute atomic E-state index is 13.8. The van der Waals surface area contributed by atoms with Crippen LogP contribution in [0.4, 0.5) is 4.39 Å². The standard InChI is InChI=1S/C26H18FN5/c1-15-9-23-21(11-19(15)16-5-7-28-8-6-16)26(32-31-23)24-12-20-22(13-29-14-25(20)30-24)17-3-2-4-18(27)10-17/h2-14,30H,1H3,(H,31,32). The Morgan fingerprint density at radius 3 is 2.50 bits per heavy atom. The summed E-state index contributed by atoms with van der Waals surface area (Å²) in [5, 5.41) is 9.75. The minimum atomic E-state index is -0.271. The van der Waals surface area contributed by atoms with Gasteiger partial charge in [-0.3, -0.25) is 15.1 Å². The van der Waals surface area contributed by atoms with Crippen molar-refractivity contribution in [1.82, 2.24) is 25.1 Å². The van der Waals surface area contributed by atoms with Gasteiger partial charge in [0.15, 0.2) is 0 Å². The number of pyridine rings is 2. The van der Waals surface area contributed by atoms with Crippen LogP contribution in [0.3, 0.4) is 0 Å². The quantitative estimate of drug-likeness (QED) is 0.354. The molecule has 0 spiro atoms. The van der Waals surface area contributed by atoms with Crippen molar-refractivity contribution in [2.75, 3.05) is 0 Å². The Bertz CT molecular complexity index is 1600. The Hall–Kier alpha value is -4.32. The van der Waals surface area contributed by atoms with Crippen LogP contribution in [0, 0.1) is 12.7 Å². The number of aromatic nitrogens is 5. The van der Waals surface area contributed by atoms with Gasteiger partial charge in [-0.25, -0.2) is 4.39 Å². The lowest BCUT2D eigenvalue weighted by Crippen LogP contribution is -1.85. The third kappa shape index (κ3) is 2.96. The van der Waals surface area contributed by atoms with Crippen LogP contribution in [0.2, 0.25) is 0 Å². The average Bonchev–Trinajstić information content (AvgIpc) is 3.42. The molecule has 0 aliphatic heterocycles. The summed E-state index contributed by atoms with van der Waals surface area (Å²) in [6.07, 6.45) is 7.15. The van der Waals surface area contributed by atoms with Crippen molar-refractivity contribution in [3.05, 3.63) is 90.8 Å². The van der Waals surface area contributed by atoms with E-state index in [1.165, 1.54) is 12.1 Å². The number of nitrogens with one attached hydrogen (secondary N) is 2. The summed E-state index contributed by atoms with van der Waals surface area (Å²) in [5.41, 5.74) is 8.62. The normalized spacial score (nSPS) is 11.4. The average molecular weight is 419 g/mol. The van der Waals surface area contributed by atoms with Crippen LogP contribution in [0.15, 0.2) is 79.4 Å². The second-order valence-corrected chi connectivity index (χ2v) is 7.86. The number of H-pyrrole nitrogens is 2. The third-order valence-electron chi connectivity index (χ3n) is 5.84. The van der Waals surface area contributed by atoms with Gasteiger partial charge in [0.2, 0.25) is 0 Å². The van der Waals surface area contributed by atoms with E-state index in [9.17, 15) is 4.39 Å². The zero-order chi connectivity index (χ0) is 21.7. The van der Waals surface area contributed by atoms with Crippen LogP contribution in [-0.2, 0) is 0 Å². The lowest BCUT2D eigenvalue weighted by molar-refractivity contribution is 0.628. The van der Waals surface area contributed by atoms with Crippen LogP contribution in [0.5, 0.6) is 0 Å². The molecule has 4 heterocycles. The molecular formula is C26H18FN5. The number of aryl methyl sites for hydroxylation is 1. The summed E-state index contributed by atoms with van der Waals surface area (Å²) in [4.78, 5) is 11.9. The van der Waals surface area contributed by atoms with Gasteiger partial charge in [-0.05, 0) is 71.6 Å². The number of benzene rings is 2. The van der Waals surface area contributed by atoms with Crippen molar-refractivity contribution in [1.29, 1.82) is 0 Å². The van der Waals surface area contributed by atoms with Gasteiger partial charge in [0.05, 0.1) is 22.9 Å². The van der Waals surface area contributed by atoms with Crippen molar-refractivity contribution in [2.45, 2.75) is 6.92 Å². The summed E-state index contributed by atoms with van der Waals surface area (Å²) in [6.45, 7) is 2.09. The van der Waals surface area contributed by atoms with Gasteiger partial charge in [-0.15, -0.1) is 0 Å². The fourth-order valence-electron chi connectivity index (χ4n) is 4.29. The highest BCUT2D eigenvalue weighted by molar-refractivity contribution is 6.01. The highest BCUT2D eigenvalue weighted by Gasteiger charge is 2.16. The molecule has 6 aromatic rings. The molecule has 0 bridgehead atoms. The Morgan fingerprint density at radius 2 is 1.66 bits per heavy atom. The number of fused-ring (bicyclic) bond motifs is 2. The highest BCUT2D eigenvalue weighted by Crippen LogP contribution is 2.35. The molecule has 0 radical (unpaired) electrons. The summed E-state index contributed by atoms with van der Waals surface area (Å²) in [5.74, 6) is -0.271. The summed E-state index contributed by atoms with van der Waals surface area (Å²) < 4.78 is 13.8. The first-order valence-corrected chi connectivity index (χ1v) is 10.3. The van der Waals surface area contributed by atoms with Crippen LogP contribution in [0.1, 0.15) is 5.56 Å². The zero-order valence-corrected chi connectivity index (χ0v) is 17.2. The van der Waals surface area contributed by atoms with Crippen LogP contribution in [-0.4, -0.2) is 25.1 Å². The first kappa shape index (κ1) is 18.4. The summed E-state index contributed by atoms with van der Waals surface area (Å²) in [7, 11) is 0. The topological polar surface area (TPSA) is 70.2 Å². The molecule has 2 aromatic carbocycles. The lowest BCUT2D eigenvalue weighted by Gasteiger charge is -2.06. The van der Waals surface area contributed by atoms with E-state index in [2.05, 4.69) is 50.3 Å². The van der Waals surface area contributed by atoms with Gasteiger partial charge in [-0.1, -0.05) is 12.1 Å². The first-order valence-electron chi connectivity index (χ1n) is 10.3. The number of halogens is 1. The molecule has 154 valence electrons. The fraction of sp³-hybridized carbons (Fsp3) is 0.0385. The highest BCUT2D eigenvalue weighted by atomic mass is 19.1. The molecule has 0 fully saturated rings. The monoisotopic (exact) mass is 419 g/mol. The third-order valence-corrected chi connectivity index (χ3v) is 5.84. The van der Waals surface area contributed by atoms with E-state index in [0.29, 0.717) is 0 Å². The number of hydrogen-bond donors (Lipinski definition) is 2. The predicted octanol–water partition coefficient (Wildman–Crippen LogP) is 6.28. The van der Waals surface area contributed by atoms with Crippen molar-refractivity contribution in [2.24, 2.45) is 0 Å². The largest absolute Gasteiger partial charge is 0.352 e. The van der Waals surface area contributed by atoms with Crippen molar-refractivity contribution >= 4 is 21.8 Å². The molecule has 0 amide bonds. The van der Waals surface area contributed by atoms with Crippen LogP contribution < -0.4 is 0 Å². The number of hydrogen-bond acceptors (Lipinski definition) is 3. The van der Waals surface area contributed by atoms with E-state index in [1.807, 2.05) is 18.2 Å². The van der Waals surface area contributed by atoms with Gasteiger partial charge in [0.1, 0.15) is 11.5 Å². The maximum atomic E-state index is 13.8. The van der Waals surface area contributed by atoms with Gasteiger partial charge in [0, 0.05) is 34.9 Å². The van der Waals surface area contributed by atoms with E-state index in [1.54, 1.807) is 30.9 Å². The molecule has 32 heavy (non-hydrogen) atoms. The van der Waals surface area contributed by atoms with Crippen molar-refractivity contribution in [3.63, 3.8) is 0 Å². The molecular weight excluding hydrogens is 401 g/mol. The molecule has 0 atom stereocenters. The second kappa shape index (κ2) is 7.13. The molecule has 0 unspecified atom stereocenters. The molecule has 6 heteroatoms. The van der Waals surface area contributed by atoms with E-state index in [-0.39, 0.29) is 5.82 Å². The SMILES string of the molecule is Cc1cc2[nH]nc(-c3cc4c(-c5cccc(F)c5)cncc4[nH]3)c2cc1-c1ccncc1. The van der Waals surface area contributed by atoms with Gasteiger partial charge < -0.3 is 4.98 Å². The maximum Gasteiger partial charge on any atom is 0.123 e. The fourth-order valence-corrected chi connectivity index (χ4v) is 4.29. The molecule has 6 rings (SSSR count). The molecule has 4 aromatic heterocycles. The zero-order valence-electron chi connectivity index (χ0n) is 17.2. The Labute approximate surface area is 183 Å². The lowest BCUT2D eigenvalue weighted by atomic mass is 9.98. The minimum absolute atomic E-state index is 0.271. The Morgan fingerprint density at radius 1 is 0.781 bits per heavy atom. The van der Waals surface area contributed by atoms with Crippen LogP contribution >= 0.6 is 0 Å². The van der Waals surface area contributed by atoms with Gasteiger partial charge >= 0.3 is 0 Å². The summed E-state index contributed by atoms with van der Waals surface area (Å²) >= 11 is 0. The number of rotatable bonds is 3. The van der Waals surface area contributed by atoms with E-state index >= 15 is 0 Å². The second-order valence-electron chi connectivity index (χ2n) is 7.86. The van der Waals surface area contributed by atoms with E-state index < -0.39 is 0 Å². The van der Waals surface area contributed by atoms with E-state index in [4.69, 9.17) is 0 Å². The molecule has 0 saturated heterocycles. The van der Waals surface area contributed by atoms with E-state index in [0.717, 1.165) is 61.0 Å². The van der Waals surface area contributed by atoms with Crippen molar-refractivity contribution < 1.29 is 4.39 Å². The minimum Gasteiger partial charge on any atom is -0.352 e. The molecule has 0 saturated carbocycles. The smallest absolute Gasteiger partial charge is 0.123 e. The van der Waals surface area contributed by atoms with Gasteiger partial charge in [0.25, 0.3) is 0 Å². The molecule has 2 N–H and O–H groups in total. The van der Waals surface area contributed by atoms with Crippen LogP contribution in [0.25, 0.3) is 55.4 Å². The molecule has 0 aliphatic carbocycles. The Balaban J connectivity index is 1.53. The molecule has 5 nitrogen and oxygen atoms in total. The predicted molar refractivity (Wildman–Crippen MR) is 125 cm³/mol. The molecule has 0 aliphatic rings. The number of aromatic amines is 2. The Kier molecular flexibility index (Phi) is 4.11. The first-order chi connectivity index (χ1) is 15.7. The summed E-state index contributed by atoms with van der Waals surface area (Å²) in [6, 6.07) is 16.9. The van der Waals surface area contributed by atoms with Gasteiger partial charge in [-0.2, -0.15) is 5.10 Å². The van der Waals surface area contributed by atoms with Crippen molar-refractivity contribution in [3.8, 4) is 33.6 Å².